The predicted molar refractivity (Wildman–Crippen MR) is 161 cm³/mol. The average Bonchev–Trinajstić information content (AvgIpc) is 3.50. The summed E-state index contributed by atoms with van der Waals surface area (Å²) in [6, 6.07) is 15.0. The number of ether oxygens (including phenoxy) is 1. The quantitative estimate of drug-likeness (QED) is 0.288. The number of fused-ring (bicyclic) bond motifs is 2. The molecule has 5 aromatic rings. The number of piperidine rings is 1. The van der Waals surface area contributed by atoms with Crippen molar-refractivity contribution in [3.8, 4) is 5.75 Å². The molecule has 6 rings (SSSR count). The smallest absolute Gasteiger partial charge is 0.352 e. The summed E-state index contributed by atoms with van der Waals surface area (Å²) in [5.74, 6) is -1.01. The van der Waals surface area contributed by atoms with Gasteiger partial charge in [-0.3, -0.25) is 0 Å². The first-order valence-electron chi connectivity index (χ1n) is 13.9. The first kappa shape index (κ1) is 28.8. The number of nitrogens with zero attached hydrogens (tertiary/aromatic N) is 5. The van der Waals surface area contributed by atoms with Crippen LogP contribution in [0.15, 0.2) is 61.1 Å². The van der Waals surface area contributed by atoms with E-state index in [0.29, 0.717) is 12.2 Å². The maximum atomic E-state index is 11.4. The molecule has 4 heterocycles. The standard InChI is InChI=1S/C17H22N2O3.C15H13N3O2/c1-11-8-14(22-13-4-6-18(2)7-5-13)9-12-10-15(17(20)21)19(3)16(11)12;1-10-3-2-4-11-7-13(15(19)20)18(14(10)11)8-12-5-6-16-9-17-12/h8-10,13H,4-7H2,1-3H3,(H,20,21);2-7,9H,8H2,1H3,(H,19,20). The molecular formula is C32H35N5O5. The summed E-state index contributed by atoms with van der Waals surface area (Å²) in [6.07, 6.45) is 5.43. The average molecular weight is 570 g/mol. The number of hydrogen-bond donors (Lipinski definition) is 2. The molecule has 2 N–H and O–H groups in total. The minimum Gasteiger partial charge on any atom is -0.490 e. The Kier molecular flexibility index (Phi) is 8.26. The van der Waals surface area contributed by atoms with Gasteiger partial charge < -0.3 is 29.0 Å². The molecule has 2 aromatic carbocycles. The third kappa shape index (κ3) is 5.99. The van der Waals surface area contributed by atoms with E-state index >= 15 is 0 Å². The van der Waals surface area contributed by atoms with Crippen LogP contribution >= 0.6 is 0 Å². The molecular weight excluding hydrogens is 534 g/mol. The van der Waals surface area contributed by atoms with Crippen LogP contribution in [0.3, 0.4) is 0 Å². The number of hydrogen-bond acceptors (Lipinski definition) is 6. The highest BCUT2D eigenvalue weighted by atomic mass is 16.5. The topological polar surface area (TPSA) is 123 Å². The number of carbonyl (C=O) groups is 2. The summed E-state index contributed by atoms with van der Waals surface area (Å²) in [5.41, 5.74) is 5.32. The molecule has 218 valence electrons. The van der Waals surface area contributed by atoms with Crippen molar-refractivity contribution in [3.63, 3.8) is 0 Å². The molecule has 10 nitrogen and oxygen atoms in total. The molecule has 0 bridgehead atoms. The second-order valence-corrected chi connectivity index (χ2v) is 10.8. The zero-order chi connectivity index (χ0) is 30.0. The highest BCUT2D eigenvalue weighted by molar-refractivity contribution is 5.97. The number of benzene rings is 2. The minimum absolute atomic E-state index is 0.246. The van der Waals surface area contributed by atoms with Crippen LogP contribution in [0.1, 0.15) is 50.6 Å². The van der Waals surface area contributed by atoms with E-state index in [2.05, 4.69) is 21.9 Å². The number of aryl methyl sites for hydroxylation is 3. The van der Waals surface area contributed by atoms with E-state index in [9.17, 15) is 19.8 Å². The van der Waals surface area contributed by atoms with Crippen LogP contribution in [0.2, 0.25) is 0 Å². The van der Waals surface area contributed by atoms with Gasteiger partial charge in [0.05, 0.1) is 23.3 Å². The molecule has 0 saturated carbocycles. The first-order chi connectivity index (χ1) is 20.1. The van der Waals surface area contributed by atoms with Gasteiger partial charge in [0.25, 0.3) is 0 Å². The van der Waals surface area contributed by atoms with E-state index in [1.807, 2.05) is 44.2 Å². The molecule has 42 heavy (non-hydrogen) atoms. The zero-order valence-corrected chi connectivity index (χ0v) is 24.2. The fourth-order valence-corrected chi connectivity index (χ4v) is 5.70. The fourth-order valence-electron chi connectivity index (χ4n) is 5.70. The lowest BCUT2D eigenvalue weighted by Gasteiger charge is -2.29. The highest BCUT2D eigenvalue weighted by Crippen LogP contribution is 2.29. The molecule has 3 aromatic heterocycles. The Morgan fingerprint density at radius 2 is 1.62 bits per heavy atom. The second-order valence-electron chi connectivity index (χ2n) is 10.8. The maximum absolute atomic E-state index is 11.4. The molecule has 0 unspecified atom stereocenters. The Hall–Kier alpha value is -4.70. The normalized spacial score (nSPS) is 14.1. The molecule has 10 heteroatoms. The third-order valence-electron chi connectivity index (χ3n) is 7.78. The van der Waals surface area contributed by atoms with Crippen LogP contribution in [-0.2, 0) is 13.6 Å². The van der Waals surface area contributed by atoms with Gasteiger partial charge in [-0.1, -0.05) is 18.2 Å². The number of aromatic carboxylic acids is 2. The molecule has 1 aliphatic heterocycles. The number of para-hydroxylation sites is 1. The van der Waals surface area contributed by atoms with Crippen molar-refractivity contribution in [1.82, 2.24) is 24.0 Å². The Balaban J connectivity index is 0.000000169. The monoisotopic (exact) mass is 569 g/mol. The van der Waals surface area contributed by atoms with Crippen LogP contribution in [0.5, 0.6) is 5.75 Å². The lowest BCUT2D eigenvalue weighted by atomic mass is 10.1. The van der Waals surface area contributed by atoms with Crippen LogP contribution in [0, 0.1) is 13.8 Å². The molecule has 0 aliphatic carbocycles. The van der Waals surface area contributed by atoms with E-state index in [-0.39, 0.29) is 11.8 Å². The summed E-state index contributed by atoms with van der Waals surface area (Å²) in [7, 11) is 3.92. The van der Waals surface area contributed by atoms with Gasteiger partial charge >= 0.3 is 11.9 Å². The zero-order valence-electron chi connectivity index (χ0n) is 24.2. The molecule has 1 fully saturated rings. The van der Waals surface area contributed by atoms with Crippen molar-refractivity contribution >= 4 is 33.7 Å². The van der Waals surface area contributed by atoms with E-state index in [0.717, 1.165) is 70.3 Å². The second kappa shape index (κ2) is 12.0. The van der Waals surface area contributed by atoms with Gasteiger partial charge in [0.15, 0.2) is 0 Å². The van der Waals surface area contributed by atoms with Crippen LogP contribution in [-0.4, -0.2) is 72.4 Å². The van der Waals surface area contributed by atoms with E-state index < -0.39 is 11.9 Å². The minimum atomic E-state index is -0.936. The molecule has 0 atom stereocenters. The van der Waals surface area contributed by atoms with E-state index in [1.54, 1.807) is 40.6 Å². The molecule has 0 radical (unpaired) electrons. The maximum Gasteiger partial charge on any atom is 0.352 e. The number of likely N-dealkylation sites (tertiary alicyclic amines) is 1. The van der Waals surface area contributed by atoms with Gasteiger partial charge in [-0.25, -0.2) is 19.6 Å². The number of carboxylic acid groups (broad SMARTS) is 2. The van der Waals surface area contributed by atoms with Gasteiger partial charge in [-0.05, 0) is 75.2 Å². The summed E-state index contributed by atoms with van der Waals surface area (Å²) in [5, 5.41) is 20.5. The van der Waals surface area contributed by atoms with Crippen molar-refractivity contribution in [2.45, 2.75) is 39.3 Å². The SMILES string of the molecule is Cc1cc(OC2CCN(C)CC2)cc2cc(C(=O)O)n(C)c12.Cc1cccc2cc(C(=O)O)n(Cc3ccncn3)c12. The number of carboxylic acids is 2. The number of aromatic nitrogens is 4. The van der Waals surface area contributed by atoms with Gasteiger partial charge in [0.2, 0.25) is 0 Å². The Morgan fingerprint density at radius 1 is 0.905 bits per heavy atom. The molecule has 1 aliphatic rings. The van der Waals surface area contributed by atoms with Gasteiger partial charge in [0.1, 0.15) is 29.6 Å². The molecule has 0 amide bonds. The first-order valence-corrected chi connectivity index (χ1v) is 13.9. The van der Waals surface area contributed by atoms with Crippen LogP contribution in [0.25, 0.3) is 21.8 Å². The van der Waals surface area contributed by atoms with Crippen molar-refractivity contribution in [2.75, 3.05) is 20.1 Å². The lowest BCUT2D eigenvalue weighted by Crippen LogP contribution is -2.35. The largest absolute Gasteiger partial charge is 0.490 e. The number of rotatable bonds is 6. The van der Waals surface area contributed by atoms with Crippen molar-refractivity contribution in [2.24, 2.45) is 7.05 Å². The lowest BCUT2D eigenvalue weighted by molar-refractivity contribution is 0.0676. The summed E-state index contributed by atoms with van der Waals surface area (Å²) < 4.78 is 9.63. The third-order valence-corrected chi connectivity index (χ3v) is 7.78. The Bertz CT molecular complexity index is 1750. The molecule has 0 spiro atoms. The van der Waals surface area contributed by atoms with Gasteiger partial charge in [0, 0.05) is 37.1 Å². The van der Waals surface area contributed by atoms with E-state index in [1.165, 1.54) is 6.33 Å². The summed E-state index contributed by atoms with van der Waals surface area (Å²) in [6.45, 7) is 6.50. The van der Waals surface area contributed by atoms with Gasteiger partial charge in [-0.15, -0.1) is 0 Å². The van der Waals surface area contributed by atoms with Crippen molar-refractivity contribution < 1.29 is 24.5 Å². The summed E-state index contributed by atoms with van der Waals surface area (Å²) >= 11 is 0. The van der Waals surface area contributed by atoms with Crippen LogP contribution in [0.4, 0.5) is 0 Å². The van der Waals surface area contributed by atoms with Crippen LogP contribution < -0.4 is 4.74 Å². The highest BCUT2D eigenvalue weighted by Gasteiger charge is 2.20. The Labute approximate surface area is 243 Å². The van der Waals surface area contributed by atoms with E-state index in [4.69, 9.17) is 4.74 Å². The Morgan fingerprint density at radius 3 is 2.29 bits per heavy atom. The fraction of sp³-hybridized carbons (Fsp3) is 0.312. The van der Waals surface area contributed by atoms with Gasteiger partial charge in [-0.2, -0.15) is 0 Å². The van der Waals surface area contributed by atoms with Crippen molar-refractivity contribution in [1.29, 1.82) is 0 Å². The predicted octanol–water partition coefficient (Wildman–Crippen LogP) is 5.14. The molecule has 1 saturated heterocycles. The van der Waals surface area contributed by atoms with Crippen molar-refractivity contribution in [3.05, 3.63) is 89.3 Å². The summed E-state index contributed by atoms with van der Waals surface area (Å²) in [4.78, 5) is 33.1.